The minimum atomic E-state index is -0.849. The van der Waals surface area contributed by atoms with Gasteiger partial charge in [0.1, 0.15) is 17.4 Å². The van der Waals surface area contributed by atoms with Crippen molar-refractivity contribution in [3.8, 4) is 5.75 Å². The number of halogens is 1. The van der Waals surface area contributed by atoms with Gasteiger partial charge in [-0.25, -0.2) is 9.37 Å². The van der Waals surface area contributed by atoms with E-state index in [-0.39, 0.29) is 18.2 Å². The molecule has 0 spiro atoms. The first-order chi connectivity index (χ1) is 16.8. The Balaban J connectivity index is 1.59. The molecular weight excluding hydrogens is 445 g/mol. The lowest BCUT2D eigenvalue weighted by Crippen LogP contribution is -2.16. The van der Waals surface area contributed by atoms with E-state index >= 15 is 0 Å². The van der Waals surface area contributed by atoms with Crippen LogP contribution in [0.4, 0.5) is 15.9 Å². The number of carboxylic acids is 1. The predicted molar refractivity (Wildman–Crippen MR) is 136 cm³/mol. The van der Waals surface area contributed by atoms with Gasteiger partial charge in [0.2, 0.25) is 0 Å². The fourth-order valence-corrected chi connectivity index (χ4v) is 5.01. The second kappa shape index (κ2) is 10.8. The van der Waals surface area contributed by atoms with E-state index in [9.17, 15) is 14.3 Å². The Morgan fingerprint density at radius 1 is 1.23 bits per heavy atom. The van der Waals surface area contributed by atoms with Gasteiger partial charge in [-0.3, -0.25) is 4.79 Å². The second-order valence-corrected chi connectivity index (χ2v) is 9.24. The molecule has 1 aromatic heterocycles. The number of aromatic nitrogens is 1. The summed E-state index contributed by atoms with van der Waals surface area (Å²) in [4.78, 5) is 17.9. The molecule has 0 saturated carbocycles. The summed E-state index contributed by atoms with van der Waals surface area (Å²) < 4.78 is 20.4. The smallest absolute Gasteiger partial charge is 0.303 e. The Morgan fingerprint density at radius 2 is 2.06 bits per heavy atom. The summed E-state index contributed by atoms with van der Waals surface area (Å²) in [7, 11) is 3.97. The fourth-order valence-electron chi connectivity index (χ4n) is 5.01. The quantitative estimate of drug-likeness (QED) is 0.414. The molecule has 0 fully saturated rings. The molecule has 0 aliphatic heterocycles. The molecule has 0 amide bonds. The maximum absolute atomic E-state index is 14.1. The van der Waals surface area contributed by atoms with Gasteiger partial charge in [-0.2, -0.15) is 0 Å². The first-order valence-corrected chi connectivity index (χ1v) is 11.9. The number of hydrogen-bond donors (Lipinski definition) is 2. The number of nitrogens with one attached hydrogen (secondary N) is 1. The highest BCUT2D eigenvalue weighted by atomic mass is 19.1. The van der Waals surface area contributed by atoms with Crippen molar-refractivity contribution in [3.63, 3.8) is 0 Å². The van der Waals surface area contributed by atoms with Crippen molar-refractivity contribution in [1.82, 2.24) is 4.98 Å². The number of pyridine rings is 1. The molecule has 2 N–H and O–H groups in total. The van der Waals surface area contributed by atoms with E-state index in [2.05, 4.69) is 23.3 Å². The van der Waals surface area contributed by atoms with Crippen LogP contribution in [0, 0.1) is 12.7 Å². The van der Waals surface area contributed by atoms with Crippen LogP contribution in [0.3, 0.4) is 0 Å². The van der Waals surface area contributed by atoms with E-state index in [4.69, 9.17) is 4.74 Å². The van der Waals surface area contributed by atoms with Crippen molar-refractivity contribution in [2.45, 2.75) is 38.5 Å². The van der Waals surface area contributed by atoms with Gasteiger partial charge < -0.3 is 20.1 Å². The molecule has 1 aliphatic carbocycles. The molecule has 0 bridgehead atoms. The molecule has 4 rings (SSSR count). The zero-order valence-corrected chi connectivity index (χ0v) is 20.5. The maximum atomic E-state index is 14.1. The van der Waals surface area contributed by atoms with Crippen molar-refractivity contribution in [2.75, 3.05) is 37.5 Å². The Kier molecular flexibility index (Phi) is 7.54. The van der Waals surface area contributed by atoms with Gasteiger partial charge in [-0.05, 0) is 90.3 Å². The van der Waals surface area contributed by atoms with Gasteiger partial charge in [0.15, 0.2) is 0 Å². The van der Waals surface area contributed by atoms with Crippen molar-refractivity contribution < 1.29 is 19.0 Å². The fraction of sp³-hybridized carbons (Fsp3) is 0.357. The van der Waals surface area contributed by atoms with E-state index in [0.717, 1.165) is 58.0 Å². The predicted octanol–water partition coefficient (Wildman–Crippen LogP) is 5.18. The minimum absolute atomic E-state index is 0.0103. The van der Waals surface area contributed by atoms with Crippen molar-refractivity contribution in [3.05, 3.63) is 82.3 Å². The average molecular weight is 478 g/mol. The van der Waals surface area contributed by atoms with Crippen LogP contribution in [0.5, 0.6) is 5.75 Å². The number of nitrogens with zero attached hydrogens (tertiary/aromatic N) is 2. The number of aliphatic carboxylic acids is 1. The van der Waals surface area contributed by atoms with E-state index in [1.54, 1.807) is 12.3 Å². The van der Waals surface area contributed by atoms with E-state index in [1.165, 1.54) is 12.1 Å². The lowest BCUT2D eigenvalue weighted by atomic mass is 9.87. The lowest BCUT2D eigenvalue weighted by Gasteiger charge is -2.25. The number of ether oxygens (including phenoxy) is 1. The Morgan fingerprint density at radius 3 is 2.77 bits per heavy atom. The van der Waals surface area contributed by atoms with Gasteiger partial charge in [0.25, 0.3) is 0 Å². The zero-order chi connectivity index (χ0) is 24.9. The van der Waals surface area contributed by atoms with Crippen molar-refractivity contribution in [1.29, 1.82) is 0 Å². The molecular formula is C28H32FN3O3. The van der Waals surface area contributed by atoms with Crippen molar-refractivity contribution in [2.24, 2.45) is 0 Å². The summed E-state index contributed by atoms with van der Waals surface area (Å²) in [6.45, 7) is 3.34. The summed E-state index contributed by atoms with van der Waals surface area (Å²) >= 11 is 0. The molecule has 0 saturated heterocycles. The van der Waals surface area contributed by atoms with Crippen molar-refractivity contribution >= 4 is 17.5 Å². The first-order valence-electron chi connectivity index (χ1n) is 11.9. The Bertz CT molecular complexity index is 1200. The number of anilines is 2. The molecule has 184 valence electrons. The highest BCUT2D eigenvalue weighted by Crippen LogP contribution is 2.42. The highest BCUT2D eigenvalue weighted by Gasteiger charge is 2.28. The van der Waals surface area contributed by atoms with Crippen LogP contribution in [0.2, 0.25) is 0 Å². The number of carbonyl (C=O) groups is 1. The third kappa shape index (κ3) is 5.73. The molecule has 35 heavy (non-hydrogen) atoms. The lowest BCUT2D eigenvalue weighted by molar-refractivity contribution is -0.137. The van der Waals surface area contributed by atoms with E-state index in [1.807, 2.05) is 37.2 Å². The SMILES string of the molecule is Cc1c2c(cc(OCCCNc3ccccn3)c1N(C)C)Cc1cc(F)ccc1C(CC(=O)O)C2. The van der Waals surface area contributed by atoms with Gasteiger partial charge >= 0.3 is 5.97 Å². The highest BCUT2D eigenvalue weighted by molar-refractivity contribution is 5.70. The zero-order valence-electron chi connectivity index (χ0n) is 20.5. The minimum Gasteiger partial charge on any atom is -0.491 e. The third-order valence-corrected chi connectivity index (χ3v) is 6.53. The molecule has 7 heteroatoms. The number of hydrogen-bond acceptors (Lipinski definition) is 5. The molecule has 2 aromatic carbocycles. The molecule has 1 unspecified atom stereocenters. The molecule has 1 atom stereocenters. The maximum Gasteiger partial charge on any atom is 0.303 e. The molecule has 0 radical (unpaired) electrons. The van der Waals surface area contributed by atoms with Gasteiger partial charge in [-0.1, -0.05) is 12.1 Å². The third-order valence-electron chi connectivity index (χ3n) is 6.53. The standard InChI is InChI=1S/C28H32FN3O3/c1-18-24-15-21(17-27(33)34)23-9-8-22(29)14-19(23)13-20(24)16-25(28(18)32(2)3)35-12-6-11-31-26-7-4-5-10-30-26/h4-5,7-10,14,16,21H,6,11-13,15,17H2,1-3H3,(H,30,31)(H,33,34). The van der Waals surface area contributed by atoms with Gasteiger partial charge in [0, 0.05) is 26.8 Å². The number of benzene rings is 2. The molecule has 1 heterocycles. The summed E-state index contributed by atoms with van der Waals surface area (Å²) in [5, 5.41) is 12.8. The Labute approximate surface area is 205 Å². The van der Waals surface area contributed by atoms with Crippen LogP contribution in [0.25, 0.3) is 0 Å². The van der Waals surface area contributed by atoms with Crippen LogP contribution >= 0.6 is 0 Å². The van der Waals surface area contributed by atoms with Crippen LogP contribution in [-0.2, 0) is 17.6 Å². The summed E-state index contributed by atoms with van der Waals surface area (Å²) in [5.41, 5.74) is 6.02. The van der Waals surface area contributed by atoms with Gasteiger partial charge in [0.05, 0.1) is 18.7 Å². The molecule has 6 nitrogen and oxygen atoms in total. The Hall–Kier alpha value is -3.61. The van der Waals surface area contributed by atoms with Crippen LogP contribution in [-0.4, -0.2) is 43.3 Å². The van der Waals surface area contributed by atoms with E-state index < -0.39 is 5.97 Å². The molecule has 1 aliphatic rings. The monoisotopic (exact) mass is 477 g/mol. The largest absolute Gasteiger partial charge is 0.491 e. The number of fused-ring (bicyclic) bond motifs is 2. The average Bonchev–Trinajstić information content (AvgIpc) is 2.95. The number of carboxylic acid groups (broad SMARTS) is 1. The van der Waals surface area contributed by atoms with Crippen LogP contribution in [0.1, 0.15) is 46.6 Å². The van der Waals surface area contributed by atoms with Gasteiger partial charge in [-0.15, -0.1) is 0 Å². The summed E-state index contributed by atoms with van der Waals surface area (Å²) in [6.07, 6.45) is 3.71. The van der Waals surface area contributed by atoms with Crippen LogP contribution < -0.4 is 15.0 Å². The summed E-state index contributed by atoms with van der Waals surface area (Å²) in [5.74, 6) is 0.267. The van der Waals surface area contributed by atoms with Crippen LogP contribution in [0.15, 0.2) is 48.7 Å². The topological polar surface area (TPSA) is 74.7 Å². The normalized spacial score (nSPS) is 14.5. The summed E-state index contributed by atoms with van der Waals surface area (Å²) in [6, 6.07) is 12.5. The molecule has 3 aromatic rings. The second-order valence-electron chi connectivity index (χ2n) is 9.24. The number of rotatable bonds is 9. The van der Waals surface area contributed by atoms with E-state index in [0.29, 0.717) is 19.4 Å². The first kappa shape index (κ1) is 24.5.